The van der Waals surface area contributed by atoms with E-state index in [4.69, 9.17) is 10.7 Å². The molecule has 68 valence electrons. The summed E-state index contributed by atoms with van der Waals surface area (Å²) in [7, 11) is 1.32. The second kappa shape index (κ2) is 4.40. The van der Waals surface area contributed by atoms with Crippen LogP contribution in [0, 0.1) is 17.1 Å². The van der Waals surface area contributed by atoms with Crippen LogP contribution in [-0.4, -0.2) is 19.9 Å². The highest BCUT2D eigenvalue weighted by Crippen LogP contribution is 2.21. The van der Waals surface area contributed by atoms with E-state index in [1.54, 1.807) is 0 Å². The van der Waals surface area contributed by atoms with Crippen molar-refractivity contribution in [1.82, 2.24) is 0 Å². The quantitative estimate of drug-likeness (QED) is 0.464. The van der Waals surface area contributed by atoms with E-state index in [0.29, 0.717) is 0 Å². The summed E-state index contributed by atoms with van der Waals surface area (Å²) in [6.45, 7) is 0. The lowest BCUT2D eigenvalue weighted by molar-refractivity contribution is 0.617. The minimum atomic E-state index is -3.62. The first-order valence-corrected chi connectivity index (χ1v) is 7.09. The van der Waals surface area contributed by atoms with E-state index in [1.165, 1.54) is 0 Å². The summed E-state index contributed by atoms with van der Waals surface area (Å²) >= 11 is 1.81. The molecule has 0 aliphatic carbocycles. The molecule has 0 aromatic heterocycles. The average molecular weight is 225 g/mol. The van der Waals surface area contributed by atoms with Gasteiger partial charge in [0.15, 0.2) is 0 Å². The lowest BCUT2D eigenvalue weighted by Crippen LogP contribution is -2.08. The Kier molecular flexibility index (Phi) is 3.76. The van der Waals surface area contributed by atoms with Crippen LogP contribution in [0.15, 0.2) is 0 Å². The minimum absolute atomic E-state index is 0.206. The van der Waals surface area contributed by atoms with Gasteiger partial charge in [-0.15, -0.1) is 0 Å². The molecule has 1 atom stereocenters. The van der Waals surface area contributed by atoms with Gasteiger partial charge in [-0.1, -0.05) is 5.92 Å². The Morgan fingerprint density at radius 3 is 2.75 bits per heavy atom. The molecule has 0 aromatic carbocycles. The van der Waals surface area contributed by atoms with E-state index < -0.39 is 9.05 Å². The molecular formula is C7H9ClO2S2. The first kappa shape index (κ1) is 10.2. The largest absolute Gasteiger partial charge is 0.300 e. The third kappa shape index (κ3) is 4.24. The molecular weight excluding hydrogens is 216 g/mol. The predicted molar refractivity (Wildman–Crippen MR) is 52.6 cm³/mol. The first-order valence-electron chi connectivity index (χ1n) is 3.62. The number of hydrogen-bond acceptors (Lipinski definition) is 3. The molecule has 1 aliphatic rings. The third-order valence-corrected chi connectivity index (χ3v) is 3.35. The second-order valence-electron chi connectivity index (χ2n) is 2.60. The average Bonchev–Trinajstić information content (AvgIpc) is 2.02. The molecule has 1 aliphatic heterocycles. The molecule has 0 aromatic rings. The highest BCUT2D eigenvalue weighted by Gasteiger charge is 2.11. The van der Waals surface area contributed by atoms with E-state index in [0.717, 1.165) is 24.3 Å². The molecule has 0 N–H and O–H groups in total. The van der Waals surface area contributed by atoms with Crippen LogP contribution in [0.2, 0.25) is 0 Å². The summed E-state index contributed by atoms with van der Waals surface area (Å²) in [5.74, 6) is 4.97. The first-order chi connectivity index (χ1) is 5.58. The Labute approximate surface area is 81.5 Å². The highest BCUT2D eigenvalue weighted by molar-refractivity contribution is 8.17. The number of halogens is 1. The van der Waals surface area contributed by atoms with Crippen molar-refractivity contribution in [3.8, 4) is 11.2 Å². The fraction of sp³-hybridized carbons (Fsp3) is 0.714. The summed E-state index contributed by atoms with van der Waals surface area (Å²) in [4.78, 5) is 0. The Morgan fingerprint density at radius 2 is 2.25 bits per heavy atom. The van der Waals surface area contributed by atoms with Crippen LogP contribution in [-0.2, 0) is 9.05 Å². The van der Waals surface area contributed by atoms with Gasteiger partial charge in [0.25, 0.3) is 0 Å². The second-order valence-corrected chi connectivity index (χ2v) is 6.05. The van der Waals surface area contributed by atoms with E-state index in [-0.39, 0.29) is 5.92 Å². The summed E-state index contributed by atoms with van der Waals surface area (Å²) in [5, 5.41) is 2.07. The zero-order chi connectivity index (χ0) is 9.03. The van der Waals surface area contributed by atoms with Gasteiger partial charge in [0.1, 0.15) is 0 Å². The van der Waals surface area contributed by atoms with Crippen LogP contribution in [0.25, 0.3) is 0 Å². The molecule has 0 amide bonds. The zero-order valence-electron chi connectivity index (χ0n) is 6.42. The molecule has 1 fully saturated rings. The van der Waals surface area contributed by atoms with E-state index >= 15 is 0 Å². The van der Waals surface area contributed by atoms with Gasteiger partial charge < -0.3 is 0 Å². The Balaban J connectivity index is 2.53. The topological polar surface area (TPSA) is 34.1 Å². The Hall–Kier alpha value is 0.150. The van der Waals surface area contributed by atoms with Crippen LogP contribution in [0.3, 0.4) is 0 Å². The maximum absolute atomic E-state index is 10.5. The van der Waals surface area contributed by atoms with Gasteiger partial charge >= 0.3 is 9.05 Å². The van der Waals surface area contributed by atoms with Gasteiger partial charge in [-0.2, -0.15) is 20.2 Å². The maximum atomic E-state index is 10.5. The summed E-state index contributed by atoms with van der Waals surface area (Å²) in [6, 6.07) is 0. The van der Waals surface area contributed by atoms with Crippen molar-refractivity contribution < 1.29 is 8.42 Å². The van der Waals surface area contributed by atoms with Crippen molar-refractivity contribution in [2.45, 2.75) is 12.8 Å². The highest BCUT2D eigenvalue weighted by atomic mass is 35.7. The normalized spacial score (nSPS) is 24.2. The standard InChI is InChI=1S/C7H9ClO2S2/c8-12(9,10)5-3-7-2-1-4-11-6-7/h7H,1-2,4,6H2. The maximum Gasteiger partial charge on any atom is 0.300 e. The summed E-state index contributed by atoms with van der Waals surface area (Å²) in [6.07, 6.45) is 2.11. The zero-order valence-corrected chi connectivity index (χ0v) is 8.81. The fourth-order valence-electron chi connectivity index (χ4n) is 1.01. The summed E-state index contributed by atoms with van der Waals surface area (Å²) in [5.41, 5.74) is 0. The van der Waals surface area contributed by atoms with Crippen LogP contribution in [0.1, 0.15) is 12.8 Å². The van der Waals surface area contributed by atoms with E-state index in [9.17, 15) is 8.42 Å². The predicted octanol–water partition coefficient (Wildman–Crippen LogP) is 1.66. The van der Waals surface area contributed by atoms with Crippen molar-refractivity contribution in [2.24, 2.45) is 5.92 Å². The van der Waals surface area contributed by atoms with Crippen molar-refractivity contribution in [1.29, 1.82) is 0 Å². The van der Waals surface area contributed by atoms with Gasteiger partial charge in [-0.3, -0.25) is 0 Å². The molecule has 0 spiro atoms. The van der Waals surface area contributed by atoms with Gasteiger partial charge in [0.05, 0.1) is 0 Å². The van der Waals surface area contributed by atoms with E-state index in [2.05, 4.69) is 11.2 Å². The molecule has 1 saturated heterocycles. The molecule has 1 rings (SSSR count). The van der Waals surface area contributed by atoms with Crippen molar-refractivity contribution in [3.05, 3.63) is 0 Å². The molecule has 5 heteroatoms. The van der Waals surface area contributed by atoms with Crippen LogP contribution in [0.4, 0.5) is 0 Å². The van der Waals surface area contributed by atoms with Gasteiger partial charge in [-0.05, 0) is 18.6 Å². The Bertz CT molecular complexity index is 293. The number of hydrogen-bond donors (Lipinski definition) is 0. The molecule has 0 saturated carbocycles. The third-order valence-electron chi connectivity index (χ3n) is 1.55. The summed E-state index contributed by atoms with van der Waals surface area (Å²) < 4.78 is 20.9. The molecule has 2 nitrogen and oxygen atoms in total. The number of rotatable bonds is 0. The van der Waals surface area contributed by atoms with Gasteiger partial charge in [-0.25, -0.2) is 0 Å². The molecule has 0 radical (unpaired) electrons. The van der Waals surface area contributed by atoms with Crippen LogP contribution in [0.5, 0.6) is 0 Å². The molecule has 12 heavy (non-hydrogen) atoms. The van der Waals surface area contributed by atoms with Crippen molar-refractivity contribution >= 4 is 31.5 Å². The van der Waals surface area contributed by atoms with Crippen molar-refractivity contribution in [3.63, 3.8) is 0 Å². The minimum Gasteiger partial charge on any atom is -0.198 e. The monoisotopic (exact) mass is 224 g/mol. The van der Waals surface area contributed by atoms with E-state index in [1.807, 2.05) is 11.8 Å². The molecule has 1 heterocycles. The van der Waals surface area contributed by atoms with Crippen LogP contribution < -0.4 is 0 Å². The van der Waals surface area contributed by atoms with Gasteiger partial charge in [0, 0.05) is 27.6 Å². The fourth-order valence-corrected chi connectivity index (χ4v) is 2.52. The Morgan fingerprint density at radius 1 is 1.50 bits per heavy atom. The van der Waals surface area contributed by atoms with Crippen molar-refractivity contribution in [2.75, 3.05) is 11.5 Å². The SMILES string of the molecule is O=S(=O)(Cl)C#CC1CCCSC1. The molecule has 1 unspecified atom stereocenters. The van der Waals surface area contributed by atoms with Crippen LogP contribution >= 0.6 is 22.4 Å². The van der Waals surface area contributed by atoms with Gasteiger partial charge in [0.2, 0.25) is 0 Å². The lowest BCUT2D eigenvalue weighted by Gasteiger charge is -2.14. The lowest BCUT2D eigenvalue weighted by atomic mass is 10.1. The molecule has 0 bridgehead atoms. The number of thioether (sulfide) groups is 1. The smallest absolute Gasteiger partial charge is 0.198 e.